The Kier molecular flexibility index (Phi) is 5.79. The summed E-state index contributed by atoms with van der Waals surface area (Å²) in [4.78, 5) is 16.0. The number of pyridine rings is 1. The van der Waals surface area contributed by atoms with Crippen LogP contribution in [0.2, 0.25) is 0 Å². The molecule has 0 saturated heterocycles. The molecule has 146 valence electrons. The SMILES string of the molecule is CC(C)(C)S(=O)(=O)Cc1ccc(C(=O)Cc2ccc(C(F)(F)F)cn2)cc1. The Labute approximate surface area is 156 Å². The zero-order chi connectivity index (χ0) is 20.5. The molecule has 0 saturated carbocycles. The maximum atomic E-state index is 12.5. The smallest absolute Gasteiger partial charge is 0.294 e. The highest BCUT2D eigenvalue weighted by Crippen LogP contribution is 2.28. The summed E-state index contributed by atoms with van der Waals surface area (Å²) in [6, 6.07) is 8.22. The number of carbonyl (C=O) groups excluding carboxylic acids is 1. The first-order valence-corrected chi connectivity index (χ1v) is 9.81. The molecule has 1 aromatic carbocycles. The van der Waals surface area contributed by atoms with Crippen LogP contribution in [-0.4, -0.2) is 23.9 Å². The Morgan fingerprint density at radius 2 is 1.59 bits per heavy atom. The molecule has 2 aromatic rings. The molecule has 0 amide bonds. The third kappa shape index (κ3) is 5.38. The van der Waals surface area contributed by atoms with Gasteiger partial charge in [0.05, 0.1) is 22.5 Å². The molecule has 0 aliphatic rings. The van der Waals surface area contributed by atoms with Gasteiger partial charge in [0, 0.05) is 17.5 Å². The van der Waals surface area contributed by atoms with Crippen molar-refractivity contribution in [2.24, 2.45) is 0 Å². The number of halogens is 3. The number of hydrogen-bond donors (Lipinski definition) is 0. The predicted octanol–water partition coefficient (Wildman–Crippen LogP) is 4.24. The number of benzene rings is 1. The van der Waals surface area contributed by atoms with E-state index in [0.717, 1.165) is 6.07 Å². The van der Waals surface area contributed by atoms with Crippen molar-refractivity contribution in [2.75, 3.05) is 0 Å². The lowest BCUT2D eigenvalue weighted by molar-refractivity contribution is -0.137. The summed E-state index contributed by atoms with van der Waals surface area (Å²) in [5.74, 6) is -0.446. The van der Waals surface area contributed by atoms with Crippen LogP contribution < -0.4 is 0 Å². The van der Waals surface area contributed by atoms with Gasteiger partial charge in [-0.3, -0.25) is 9.78 Å². The number of alkyl halides is 3. The van der Waals surface area contributed by atoms with Crippen LogP contribution in [-0.2, 0) is 28.2 Å². The van der Waals surface area contributed by atoms with Crippen molar-refractivity contribution in [1.29, 1.82) is 0 Å². The summed E-state index contributed by atoms with van der Waals surface area (Å²) in [7, 11) is -3.34. The van der Waals surface area contributed by atoms with Crippen molar-refractivity contribution in [1.82, 2.24) is 4.98 Å². The Morgan fingerprint density at radius 1 is 1.00 bits per heavy atom. The molecule has 0 radical (unpaired) electrons. The van der Waals surface area contributed by atoms with E-state index in [1.807, 2.05) is 0 Å². The highest BCUT2D eigenvalue weighted by molar-refractivity contribution is 7.91. The van der Waals surface area contributed by atoms with E-state index >= 15 is 0 Å². The number of Topliss-reactive ketones (excluding diaryl/α,β-unsaturated/α-hetero) is 1. The van der Waals surface area contributed by atoms with Crippen LogP contribution in [0.1, 0.15) is 48.0 Å². The maximum absolute atomic E-state index is 12.5. The molecule has 0 aliphatic heterocycles. The maximum Gasteiger partial charge on any atom is 0.417 e. The number of rotatable bonds is 5. The average Bonchev–Trinajstić information content (AvgIpc) is 2.53. The summed E-state index contributed by atoms with van der Waals surface area (Å²) in [5.41, 5.74) is 0.262. The number of hydrogen-bond acceptors (Lipinski definition) is 4. The molecule has 1 aromatic heterocycles. The summed E-state index contributed by atoms with van der Waals surface area (Å²) < 4.78 is 61.1. The third-order valence-corrected chi connectivity index (χ3v) is 6.64. The molecule has 0 aliphatic carbocycles. The highest BCUT2D eigenvalue weighted by Gasteiger charge is 2.31. The van der Waals surface area contributed by atoms with Gasteiger partial charge >= 0.3 is 6.18 Å². The molecular weight excluding hydrogens is 379 g/mol. The van der Waals surface area contributed by atoms with Crippen molar-refractivity contribution < 1.29 is 26.4 Å². The quantitative estimate of drug-likeness (QED) is 0.706. The first-order valence-electron chi connectivity index (χ1n) is 8.16. The largest absolute Gasteiger partial charge is 0.417 e. The third-order valence-electron chi connectivity index (χ3n) is 4.06. The van der Waals surface area contributed by atoms with E-state index in [9.17, 15) is 26.4 Å². The number of carbonyl (C=O) groups is 1. The van der Waals surface area contributed by atoms with Gasteiger partial charge in [-0.25, -0.2) is 8.42 Å². The Morgan fingerprint density at radius 3 is 2.04 bits per heavy atom. The van der Waals surface area contributed by atoms with Gasteiger partial charge in [0.25, 0.3) is 0 Å². The lowest BCUT2D eigenvalue weighted by Crippen LogP contribution is -2.29. The van der Waals surface area contributed by atoms with Crippen molar-refractivity contribution >= 4 is 15.6 Å². The highest BCUT2D eigenvalue weighted by atomic mass is 32.2. The monoisotopic (exact) mass is 399 g/mol. The van der Waals surface area contributed by atoms with Crippen molar-refractivity contribution in [3.8, 4) is 0 Å². The molecule has 4 nitrogen and oxygen atoms in total. The minimum absolute atomic E-state index is 0.134. The summed E-state index contributed by atoms with van der Waals surface area (Å²) >= 11 is 0. The summed E-state index contributed by atoms with van der Waals surface area (Å²) in [5, 5.41) is 0. The molecule has 0 atom stereocenters. The van der Waals surface area contributed by atoms with E-state index in [1.165, 1.54) is 18.2 Å². The summed E-state index contributed by atoms with van der Waals surface area (Å²) in [6.45, 7) is 4.87. The van der Waals surface area contributed by atoms with Gasteiger partial charge in [0.1, 0.15) is 0 Å². The van der Waals surface area contributed by atoms with E-state index in [-0.39, 0.29) is 23.7 Å². The van der Waals surface area contributed by atoms with Crippen LogP contribution in [0.4, 0.5) is 13.2 Å². The molecule has 0 spiro atoms. The standard InChI is InChI=1S/C19H20F3NO3S/c1-18(2,3)27(25,26)12-13-4-6-14(7-5-13)17(24)10-16-9-8-15(11-23-16)19(20,21)22/h4-9,11H,10,12H2,1-3H3. The molecule has 0 bridgehead atoms. The number of aromatic nitrogens is 1. The molecule has 0 fully saturated rings. The lowest BCUT2D eigenvalue weighted by Gasteiger charge is -2.19. The number of ketones is 1. The van der Waals surface area contributed by atoms with E-state index in [2.05, 4.69) is 4.98 Å². The van der Waals surface area contributed by atoms with Crippen LogP contribution in [0, 0.1) is 0 Å². The van der Waals surface area contributed by atoms with Gasteiger partial charge in [-0.05, 0) is 38.5 Å². The normalized spacial score (nSPS) is 12.8. The molecule has 0 unspecified atom stereocenters. The Balaban J connectivity index is 2.08. The van der Waals surface area contributed by atoms with Crippen LogP contribution in [0.3, 0.4) is 0 Å². The molecule has 1 heterocycles. The zero-order valence-corrected chi connectivity index (χ0v) is 16.0. The summed E-state index contributed by atoms with van der Waals surface area (Å²) in [6.07, 6.45) is -3.92. The van der Waals surface area contributed by atoms with E-state index in [0.29, 0.717) is 17.3 Å². The second-order valence-electron chi connectivity index (χ2n) is 7.20. The van der Waals surface area contributed by atoms with Crippen LogP contribution in [0.15, 0.2) is 42.6 Å². The van der Waals surface area contributed by atoms with Crippen molar-refractivity contribution in [2.45, 2.75) is 43.9 Å². The fourth-order valence-electron chi connectivity index (χ4n) is 2.19. The van der Waals surface area contributed by atoms with Gasteiger partial charge in [0.2, 0.25) is 0 Å². The predicted molar refractivity (Wildman–Crippen MR) is 96.1 cm³/mol. The van der Waals surface area contributed by atoms with E-state index in [4.69, 9.17) is 0 Å². The van der Waals surface area contributed by atoms with Crippen LogP contribution in [0.5, 0.6) is 0 Å². The number of sulfone groups is 1. The average molecular weight is 399 g/mol. The fraction of sp³-hybridized carbons (Fsp3) is 0.368. The second-order valence-corrected chi connectivity index (χ2v) is 9.95. The molecule has 27 heavy (non-hydrogen) atoms. The Hall–Kier alpha value is -2.22. The van der Waals surface area contributed by atoms with Crippen LogP contribution in [0.25, 0.3) is 0 Å². The van der Waals surface area contributed by atoms with Gasteiger partial charge in [0.15, 0.2) is 15.6 Å². The van der Waals surface area contributed by atoms with Crippen molar-refractivity contribution in [3.05, 3.63) is 65.0 Å². The first kappa shape index (κ1) is 21.1. The van der Waals surface area contributed by atoms with Crippen LogP contribution >= 0.6 is 0 Å². The second kappa shape index (κ2) is 7.42. The van der Waals surface area contributed by atoms with Gasteiger partial charge in [-0.15, -0.1) is 0 Å². The van der Waals surface area contributed by atoms with Gasteiger partial charge in [-0.2, -0.15) is 13.2 Å². The molecule has 2 rings (SSSR count). The molecule has 0 N–H and O–H groups in total. The zero-order valence-electron chi connectivity index (χ0n) is 15.2. The topological polar surface area (TPSA) is 64.1 Å². The lowest BCUT2D eigenvalue weighted by atomic mass is 10.0. The first-order chi connectivity index (χ1) is 12.3. The molecular formula is C19H20F3NO3S. The van der Waals surface area contributed by atoms with Gasteiger partial charge < -0.3 is 0 Å². The minimum Gasteiger partial charge on any atom is -0.294 e. The van der Waals surface area contributed by atoms with E-state index < -0.39 is 26.3 Å². The Bertz CT molecular complexity index is 911. The number of nitrogens with zero attached hydrogens (tertiary/aromatic N) is 1. The van der Waals surface area contributed by atoms with Crippen molar-refractivity contribution in [3.63, 3.8) is 0 Å². The molecule has 8 heteroatoms. The van der Waals surface area contributed by atoms with E-state index in [1.54, 1.807) is 32.9 Å². The minimum atomic E-state index is -4.47. The van der Waals surface area contributed by atoms with Gasteiger partial charge in [-0.1, -0.05) is 24.3 Å². The fourth-order valence-corrected chi connectivity index (χ4v) is 3.25.